The third-order valence-electron chi connectivity index (χ3n) is 7.57. The van der Waals surface area contributed by atoms with Gasteiger partial charge in [-0.2, -0.15) is 0 Å². The second kappa shape index (κ2) is 14.2. The summed E-state index contributed by atoms with van der Waals surface area (Å²) in [6.45, 7) is 23.5. The predicted molar refractivity (Wildman–Crippen MR) is 161 cm³/mol. The third kappa shape index (κ3) is 8.97. The summed E-state index contributed by atoms with van der Waals surface area (Å²) in [6.07, 6.45) is -0.874. The summed E-state index contributed by atoms with van der Waals surface area (Å²) in [5, 5.41) is 11.6. The Balaban J connectivity index is 2.37. The van der Waals surface area contributed by atoms with Crippen molar-refractivity contribution in [3.8, 4) is 17.2 Å². The molecular weight excluding hydrogens is 508 g/mol. The molecule has 0 radical (unpaired) electrons. The zero-order valence-corrected chi connectivity index (χ0v) is 26.2. The number of ether oxygens (including phenoxy) is 4. The summed E-state index contributed by atoms with van der Waals surface area (Å²) in [5.41, 5.74) is 1.84. The number of aliphatic hydroxyl groups is 1. The minimum absolute atomic E-state index is 0.00971. The third-order valence-corrected chi connectivity index (χ3v) is 12.0. The molecule has 7 heteroatoms. The van der Waals surface area contributed by atoms with Crippen LogP contribution in [0.25, 0.3) is 0 Å². The van der Waals surface area contributed by atoms with Gasteiger partial charge in [0.05, 0.1) is 39.1 Å². The molecule has 1 N–H and O–H groups in total. The van der Waals surface area contributed by atoms with Gasteiger partial charge < -0.3 is 28.5 Å². The fraction of sp³-hybridized carbons (Fsp3) is 0.500. The second-order valence-electron chi connectivity index (χ2n) is 11.6. The van der Waals surface area contributed by atoms with Gasteiger partial charge in [0.2, 0.25) is 0 Å². The summed E-state index contributed by atoms with van der Waals surface area (Å²) in [6, 6.07) is 15.0. The van der Waals surface area contributed by atoms with Crippen LogP contribution in [-0.2, 0) is 15.8 Å². The smallest absolute Gasteiger partial charge is 0.193 e. The van der Waals surface area contributed by atoms with Crippen molar-refractivity contribution in [2.45, 2.75) is 83.8 Å². The molecule has 2 aromatic rings. The topological polar surface area (TPSA) is 66.4 Å². The Morgan fingerprint density at radius 2 is 1.44 bits per heavy atom. The van der Waals surface area contributed by atoms with Crippen LogP contribution in [0.4, 0.5) is 0 Å². The zero-order valence-electron chi connectivity index (χ0n) is 25.2. The Bertz CT molecular complexity index is 1040. The SMILES string of the molecule is C=C[C@@H](Oc1ccc(OC)cc1)[C@H](O)[C@@H](C)[C@@H](OCc1ccc(OC)cc1)[C@H](O[Si](C)(C)C(C)(C)C)C(=C)C. The minimum atomic E-state index is -2.20. The lowest BCUT2D eigenvalue weighted by atomic mass is 9.88. The van der Waals surface area contributed by atoms with Gasteiger partial charge in [0, 0.05) is 5.92 Å². The molecule has 39 heavy (non-hydrogen) atoms. The molecule has 0 amide bonds. The van der Waals surface area contributed by atoms with E-state index in [1.54, 1.807) is 20.3 Å². The van der Waals surface area contributed by atoms with E-state index in [1.165, 1.54) is 0 Å². The molecule has 0 saturated carbocycles. The van der Waals surface area contributed by atoms with Crippen molar-refractivity contribution in [2.24, 2.45) is 5.92 Å². The number of rotatable bonds is 15. The number of hydrogen-bond acceptors (Lipinski definition) is 6. The first-order chi connectivity index (χ1) is 18.2. The van der Waals surface area contributed by atoms with Gasteiger partial charge in [-0.3, -0.25) is 0 Å². The minimum Gasteiger partial charge on any atom is -0.497 e. The van der Waals surface area contributed by atoms with Gasteiger partial charge >= 0.3 is 0 Å². The molecule has 0 saturated heterocycles. The van der Waals surface area contributed by atoms with Crippen molar-refractivity contribution < 1.29 is 28.5 Å². The van der Waals surface area contributed by atoms with Gasteiger partial charge in [0.25, 0.3) is 0 Å². The molecular formula is C32H48O6Si. The van der Waals surface area contributed by atoms with E-state index in [0.29, 0.717) is 12.4 Å². The van der Waals surface area contributed by atoms with Crippen molar-refractivity contribution >= 4 is 8.32 Å². The van der Waals surface area contributed by atoms with Crippen LogP contribution < -0.4 is 14.2 Å². The maximum Gasteiger partial charge on any atom is 0.193 e. The first-order valence-corrected chi connectivity index (χ1v) is 16.3. The van der Waals surface area contributed by atoms with E-state index < -0.39 is 32.7 Å². The van der Waals surface area contributed by atoms with Crippen LogP contribution in [0.2, 0.25) is 18.1 Å². The van der Waals surface area contributed by atoms with E-state index in [-0.39, 0.29) is 11.0 Å². The van der Waals surface area contributed by atoms with Crippen molar-refractivity contribution in [1.82, 2.24) is 0 Å². The molecule has 0 aliphatic rings. The molecule has 0 unspecified atom stereocenters. The summed E-state index contributed by atoms with van der Waals surface area (Å²) >= 11 is 0. The van der Waals surface area contributed by atoms with E-state index in [1.807, 2.05) is 62.4 Å². The van der Waals surface area contributed by atoms with Crippen LogP contribution in [0.5, 0.6) is 17.2 Å². The van der Waals surface area contributed by atoms with E-state index in [4.69, 9.17) is 23.4 Å². The number of aliphatic hydroxyl groups excluding tert-OH is 1. The van der Waals surface area contributed by atoms with E-state index in [2.05, 4.69) is 47.0 Å². The van der Waals surface area contributed by atoms with Crippen molar-refractivity contribution in [1.29, 1.82) is 0 Å². The first kappa shape index (κ1) is 32.6. The number of hydrogen-bond donors (Lipinski definition) is 1. The van der Waals surface area contributed by atoms with Crippen LogP contribution >= 0.6 is 0 Å². The van der Waals surface area contributed by atoms with Crippen molar-refractivity contribution in [3.05, 3.63) is 78.9 Å². The van der Waals surface area contributed by atoms with Gasteiger partial charge in [-0.05, 0) is 73.1 Å². The molecule has 0 aliphatic carbocycles. The highest BCUT2D eigenvalue weighted by molar-refractivity contribution is 6.74. The van der Waals surface area contributed by atoms with E-state index >= 15 is 0 Å². The van der Waals surface area contributed by atoms with E-state index in [9.17, 15) is 5.11 Å². The molecule has 6 nitrogen and oxygen atoms in total. The lowest BCUT2D eigenvalue weighted by molar-refractivity contribution is -0.0985. The zero-order chi connectivity index (χ0) is 29.4. The van der Waals surface area contributed by atoms with Crippen LogP contribution in [-0.4, -0.2) is 52.1 Å². The Kier molecular flexibility index (Phi) is 11.9. The van der Waals surface area contributed by atoms with Gasteiger partial charge in [0.1, 0.15) is 23.4 Å². The largest absolute Gasteiger partial charge is 0.497 e. The number of benzene rings is 2. The molecule has 0 aliphatic heterocycles. The van der Waals surface area contributed by atoms with E-state index in [0.717, 1.165) is 22.6 Å². The summed E-state index contributed by atoms with van der Waals surface area (Å²) in [4.78, 5) is 0. The van der Waals surface area contributed by atoms with Gasteiger partial charge in [-0.25, -0.2) is 0 Å². The molecule has 0 fully saturated rings. The molecule has 0 bridgehead atoms. The summed E-state index contributed by atoms with van der Waals surface area (Å²) in [7, 11) is 1.06. The molecule has 0 heterocycles. The molecule has 5 atom stereocenters. The van der Waals surface area contributed by atoms with Crippen LogP contribution in [0.15, 0.2) is 73.3 Å². The average Bonchev–Trinajstić information content (AvgIpc) is 2.90. The normalized spacial score (nSPS) is 15.9. The lowest BCUT2D eigenvalue weighted by Gasteiger charge is -2.43. The first-order valence-electron chi connectivity index (χ1n) is 13.4. The summed E-state index contributed by atoms with van der Waals surface area (Å²) < 4.78 is 30.1. The van der Waals surface area contributed by atoms with Gasteiger partial charge in [-0.1, -0.05) is 58.6 Å². The highest BCUT2D eigenvalue weighted by Crippen LogP contribution is 2.40. The highest BCUT2D eigenvalue weighted by Gasteiger charge is 2.44. The Morgan fingerprint density at radius 1 is 0.949 bits per heavy atom. The monoisotopic (exact) mass is 556 g/mol. The van der Waals surface area contributed by atoms with Crippen LogP contribution in [0.3, 0.4) is 0 Å². The predicted octanol–water partition coefficient (Wildman–Crippen LogP) is 7.19. The van der Waals surface area contributed by atoms with Gasteiger partial charge in [-0.15, -0.1) is 0 Å². The van der Waals surface area contributed by atoms with Crippen molar-refractivity contribution in [3.63, 3.8) is 0 Å². The fourth-order valence-electron chi connectivity index (χ4n) is 3.93. The maximum absolute atomic E-state index is 11.6. The fourth-order valence-corrected chi connectivity index (χ4v) is 5.26. The Labute approximate surface area is 236 Å². The second-order valence-corrected chi connectivity index (χ2v) is 16.4. The van der Waals surface area contributed by atoms with Crippen molar-refractivity contribution in [2.75, 3.05) is 14.2 Å². The average molecular weight is 557 g/mol. The quantitative estimate of drug-likeness (QED) is 0.185. The summed E-state index contributed by atoms with van der Waals surface area (Å²) in [5.74, 6) is 1.74. The van der Waals surface area contributed by atoms with Crippen LogP contribution in [0.1, 0.15) is 40.2 Å². The molecule has 2 aromatic carbocycles. The molecule has 0 aromatic heterocycles. The Hall–Kier alpha value is -2.58. The molecule has 0 spiro atoms. The maximum atomic E-state index is 11.6. The van der Waals surface area contributed by atoms with Crippen LogP contribution in [0, 0.1) is 5.92 Å². The standard InChI is InChI=1S/C32H48O6Si/c1-12-28(37-27-19-17-26(35-9)18-20-27)29(33)23(4)31(36-21-24-13-15-25(34-8)16-14-24)30(22(2)3)38-39(10,11)32(5,6)7/h12-20,23,28-31,33H,1-2,21H2,3-11H3/t23-,28-,29-,30-,31-/m1/s1. The number of methoxy groups -OCH3 is 2. The Morgan fingerprint density at radius 3 is 1.87 bits per heavy atom. The lowest BCUT2D eigenvalue weighted by Crippen LogP contribution is -2.52. The molecule has 216 valence electrons. The molecule has 2 rings (SSSR count). The van der Waals surface area contributed by atoms with Gasteiger partial charge in [0.15, 0.2) is 8.32 Å². The highest BCUT2D eigenvalue weighted by atomic mass is 28.4.